The lowest BCUT2D eigenvalue weighted by Crippen LogP contribution is -2.14. The first-order valence-electron chi connectivity index (χ1n) is 6.30. The number of amides is 1. The molecule has 102 valence electrons. The Labute approximate surface area is 123 Å². The molecule has 0 aromatic heterocycles. The van der Waals surface area contributed by atoms with Crippen LogP contribution in [0.5, 0.6) is 0 Å². The number of benzene rings is 2. The third kappa shape index (κ3) is 3.90. The van der Waals surface area contributed by atoms with Gasteiger partial charge in [-0.05, 0) is 36.8 Å². The molecular formula is C16H16N2OS. The number of anilines is 1. The highest BCUT2D eigenvalue weighted by Crippen LogP contribution is 2.12. The molecule has 1 amide bonds. The first kappa shape index (κ1) is 14.2. The number of nitrogens with one attached hydrogen (secondary N) is 1. The molecule has 0 heterocycles. The Hall–Kier alpha value is -2.20. The van der Waals surface area contributed by atoms with Gasteiger partial charge in [-0.25, -0.2) is 0 Å². The van der Waals surface area contributed by atoms with Crippen LogP contribution >= 0.6 is 12.2 Å². The third-order valence-electron chi connectivity index (χ3n) is 2.88. The van der Waals surface area contributed by atoms with E-state index in [1.807, 2.05) is 49.4 Å². The molecule has 2 aromatic carbocycles. The molecule has 3 N–H and O–H groups in total. The van der Waals surface area contributed by atoms with Crippen LogP contribution < -0.4 is 11.1 Å². The highest BCUT2D eigenvalue weighted by molar-refractivity contribution is 7.80. The van der Waals surface area contributed by atoms with Gasteiger partial charge in [0.05, 0.1) is 4.99 Å². The summed E-state index contributed by atoms with van der Waals surface area (Å²) in [5.74, 6) is -0.140. The van der Waals surface area contributed by atoms with E-state index in [-0.39, 0.29) is 5.91 Å². The highest BCUT2D eigenvalue weighted by Gasteiger charge is 2.07. The molecule has 0 aliphatic carbocycles. The quantitative estimate of drug-likeness (QED) is 0.848. The summed E-state index contributed by atoms with van der Waals surface area (Å²) in [6, 6.07) is 15.0. The second kappa shape index (κ2) is 6.30. The summed E-state index contributed by atoms with van der Waals surface area (Å²) >= 11 is 4.88. The van der Waals surface area contributed by atoms with Crippen LogP contribution in [0, 0.1) is 6.92 Å². The van der Waals surface area contributed by atoms with E-state index in [1.54, 1.807) is 6.07 Å². The largest absolute Gasteiger partial charge is 0.393 e. The van der Waals surface area contributed by atoms with Crippen LogP contribution in [0.2, 0.25) is 0 Å². The first-order valence-corrected chi connectivity index (χ1v) is 6.71. The van der Waals surface area contributed by atoms with Crippen LogP contribution in [0.4, 0.5) is 5.69 Å². The van der Waals surface area contributed by atoms with E-state index in [9.17, 15) is 4.79 Å². The van der Waals surface area contributed by atoms with Crippen molar-refractivity contribution in [3.8, 4) is 0 Å². The van der Waals surface area contributed by atoms with Crippen LogP contribution in [-0.2, 0) is 6.42 Å². The topological polar surface area (TPSA) is 55.1 Å². The average Bonchev–Trinajstić information content (AvgIpc) is 2.41. The van der Waals surface area contributed by atoms with Gasteiger partial charge in [0.15, 0.2) is 0 Å². The van der Waals surface area contributed by atoms with Crippen molar-refractivity contribution < 1.29 is 4.79 Å². The fraction of sp³-hybridized carbons (Fsp3) is 0.125. The monoisotopic (exact) mass is 284 g/mol. The summed E-state index contributed by atoms with van der Waals surface area (Å²) in [5.41, 5.74) is 8.99. The fourth-order valence-electron chi connectivity index (χ4n) is 1.86. The first-order chi connectivity index (χ1) is 9.54. The number of thiocarbonyl (C=S) groups is 1. The molecule has 3 nitrogen and oxygen atoms in total. The molecule has 0 saturated heterocycles. The summed E-state index contributed by atoms with van der Waals surface area (Å²) in [7, 11) is 0. The third-order valence-corrected chi connectivity index (χ3v) is 3.02. The highest BCUT2D eigenvalue weighted by atomic mass is 32.1. The van der Waals surface area contributed by atoms with Crippen LogP contribution in [0.15, 0.2) is 48.5 Å². The van der Waals surface area contributed by atoms with Gasteiger partial charge in [-0.1, -0.05) is 42.0 Å². The fourth-order valence-corrected chi connectivity index (χ4v) is 2.03. The Morgan fingerprint density at radius 2 is 1.90 bits per heavy atom. The molecule has 0 spiro atoms. The van der Waals surface area contributed by atoms with E-state index in [0.29, 0.717) is 17.0 Å². The second-order valence-corrected chi connectivity index (χ2v) is 5.19. The molecule has 4 heteroatoms. The summed E-state index contributed by atoms with van der Waals surface area (Å²) in [6.45, 7) is 2.00. The minimum Gasteiger partial charge on any atom is -0.393 e. The van der Waals surface area contributed by atoms with Crippen molar-refractivity contribution >= 4 is 28.8 Å². The summed E-state index contributed by atoms with van der Waals surface area (Å²) in [4.78, 5) is 12.6. The van der Waals surface area contributed by atoms with Crippen molar-refractivity contribution in [3.05, 3.63) is 65.2 Å². The lowest BCUT2D eigenvalue weighted by molar-refractivity contribution is 0.102. The number of aryl methyl sites for hydroxylation is 1. The Bertz CT molecular complexity index is 635. The Balaban J connectivity index is 2.12. The summed E-state index contributed by atoms with van der Waals surface area (Å²) in [5, 5.41) is 2.86. The predicted molar refractivity (Wildman–Crippen MR) is 86.1 cm³/mol. The standard InChI is InChI=1S/C16H16N2OS/c1-11-5-7-14(8-6-11)18-16(19)13-4-2-3-12(9-13)10-15(17)20/h2-9H,10H2,1H3,(H2,17,20)(H,18,19). The van der Waals surface area contributed by atoms with Gasteiger partial charge < -0.3 is 11.1 Å². The Morgan fingerprint density at radius 1 is 1.20 bits per heavy atom. The smallest absolute Gasteiger partial charge is 0.255 e. The maximum absolute atomic E-state index is 12.2. The van der Waals surface area contributed by atoms with E-state index >= 15 is 0 Å². The van der Waals surface area contributed by atoms with Gasteiger partial charge in [-0.15, -0.1) is 0 Å². The number of nitrogens with two attached hydrogens (primary N) is 1. The zero-order valence-electron chi connectivity index (χ0n) is 11.2. The van der Waals surface area contributed by atoms with Crippen molar-refractivity contribution in [1.29, 1.82) is 0 Å². The molecule has 0 aliphatic heterocycles. The lowest BCUT2D eigenvalue weighted by atomic mass is 10.1. The molecule has 0 fully saturated rings. The van der Waals surface area contributed by atoms with Crippen molar-refractivity contribution in [1.82, 2.24) is 0 Å². The van der Waals surface area contributed by atoms with Crippen molar-refractivity contribution in [2.45, 2.75) is 13.3 Å². The van der Waals surface area contributed by atoms with E-state index in [0.717, 1.165) is 16.8 Å². The Kier molecular flexibility index (Phi) is 4.48. The number of hydrogen-bond acceptors (Lipinski definition) is 2. The van der Waals surface area contributed by atoms with Crippen LogP contribution in [-0.4, -0.2) is 10.9 Å². The van der Waals surface area contributed by atoms with Gasteiger partial charge in [0.1, 0.15) is 0 Å². The minimum atomic E-state index is -0.140. The molecule has 2 aromatic rings. The Morgan fingerprint density at radius 3 is 2.55 bits per heavy atom. The zero-order valence-corrected chi connectivity index (χ0v) is 12.0. The normalized spacial score (nSPS) is 10.1. The molecule has 0 aliphatic rings. The minimum absolute atomic E-state index is 0.140. The van der Waals surface area contributed by atoms with E-state index in [2.05, 4.69) is 5.32 Å². The molecule has 0 saturated carbocycles. The van der Waals surface area contributed by atoms with Crippen molar-refractivity contribution in [2.24, 2.45) is 5.73 Å². The second-order valence-electron chi connectivity index (χ2n) is 4.66. The number of carbonyl (C=O) groups excluding carboxylic acids is 1. The molecule has 0 atom stereocenters. The number of carbonyl (C=O) groups is 1. The molecule has 0 unspecified atom stereocenters. The molecule has 2 rings (SSSR count). The van der Waals surface area contributed by atoms with Gasteiger partial charge in [-0.2, -0.15) is 0 Å². The lowest BCUT2D eigenvalue weighted by Gasteiger charge is -2.07. The van der Waals surface area contributed by atoms with Crippen LogP contribution in [0.25, 0.3) is 0 Å². The maximum Gasteiger partial charge on any atom is 0.255 e. The van der Waals surface area contributed by atoms with E-state index in [4.69, 9.17) is 18.0 Å². The maximum atomic E-state index is 12.2. The van der Waals surface area contributed by atoms with Crippen LogP contribution in [0.1, 0.15) is 21.5 Å². The molecule has 0 bridgehead atoms. The van der Waals surface area contributed by atoms with Gasteiger partial charge in [-0.3, -0.25) is 4.79 Å². The number of rotatable bonds is 4. The molecule has 0 radical (unpaired) electrons. The van der Waals surface area contributed by atoms with Crippen molar-refractivity contribution in [2.75, 3.05) is 5.32 Å². The van der Waals surface area contributed by atoms with Gasteiger partial charge in [0.25, 0.3) is 5.91 Å². The molecular weight excluding hydrogens is 268 g/mol. The summed E-state index contributed by atoms with van der Waals surface area (Å²) < 4.78 is 0. The SMILES string of the molecule is Cc1ccc(NC(=O)c2cccc(CC(N)=S)c2)cc1. The van der Waals surface area contributed by atoms with Gasteiger partial charge >= 0.3 is 0 Å². The van der Waals surface area contributed by atoms with Gasteiger partial charge in [0.2, 0.25) is 0 Å². The molecule has 20 heavy (non-hydrogen) atoms. The zero-order chi connectivity index (χ0) is 14.5. The van der Waals surface area contributed by atoms with Crippen molar-refractivity contribution in [3.63, 3.8) is 0 Å². The van der Waals surface area contributed by atoms with E-state index in [1.165, 1.54) is 0 Å². The van der Waals surface area contributed by atoms with Crippen LogP contribution in [0.3, 0.4) is 0 Å². The predicted octanol–water partition coefficient (Wildman–Crippen LogP) is 3.08. The van der Waals surface area contributed by atoms with Gasteiger partial charge in [0, 0.05) is 17.7 Å². The summed E-state index contributed by atoms with van der Waals surface area (Å²) in [6.07, 6.45) is 0.501. The average molecular weight is 284 g/mol. The number of hydrogen-bond donors (Lipinski definition) is 2. The van der Waals surface area contributed by atoms with E-state index < -0.39 is 0 Å².